The number of benzene rings is 3. The molecule has 3 aromatic carbocycles. The number of carbonyl (C=O) groups excluding carboxylic acids is 3. The lowest BCUT2D eigenvalue weighted by Crippen LogP contribution is -2.49. The van der Waals surface area contributed by atoms with Crippen molar-refractivity contribution in [3.8, 4) is 0 Å². The lowest BCUT2D eigenvalue weighted by atomic mass is 10.1. The number of imide groups is 1. The summed E-state index contributed by atoms with van der Waals surface area (Å²) in [5, 5.41) is 0.208. The fourth-order valence-electron chi connectivity index (χ4n) is 4.37. The number of piperazine rings is 1. The smallest absolute Gasteiger partial charge is 0.293 e. The molecule has 2 heterocycles. The van der Waals surface area contributed by atoms with Crippen molar-refractivity contribution in [2.75, 3.05) is 31.1 Å². The van der Waals surface area contributed by atoms with E-state index in [-0.39, 0.29) is 29.4 Å². The Morgan fingerprint density at radius 1 is 0.946 bits per heavy atom. The number of hydrogen-bond donors (Lipinski definition) is 0. The van der Waals surface area contributed by atoms with E-state index < -0.39 is 0 Å². The summed E-state index contributed by atoms with van der Waals surface area (Å²) in [5.74, 6) is -0.718. The van der Waals surface area contributed by atoms with Gasteiger partial charge in [0.25, 0.3) is 17.1 Å². The van der Waals surface area contributed by atoms with E-state index in [1.54, 1.807) is 71.6 Å². The van der Waals surface area contributed by atoms with Crippen LogP contribution < -0.4 is 4.90 Å². The maximum atomic E-state index is 14.1. The maximum Gasteiger partial charge on any atom is 0.293 e. The van der Waals surface area contributed by atoms with Crippen molar-refractivity contribution in [3.63, 3.8) is 0 Å². The highest BCUT2D eigenvalue weighted by Gasteiger charge is 2.35. The predicted octanol–water partition coefficient (Wildman–Crippen LogP) is 5.68. The summed E-state index contributed by atoms with van der Waals surface area (Å²) in [7, 11) is 0. The normalized spacial score (nSPS) is 17.1. The molecule has 2 aliphatic heterocycles. The topological polar surface area (TPSA) is 60.9 Å². The largest absolute Gasteiger partial charge is 0.366 e. The van der Waals surface area contributed by atoms with Gasteiger partial charge >= 0.3 is 0 Å². The highest BCUT2D eigenvalue weighted by atomic mass is 35.5. The van der Waals surface area contributed by atoms with Gasteiger partial charge < -0.3 is 9.80 Å². The van der Waals surface area contributed by atoms with Crippen molar-refractivity contribution in [2.24, 2.45) is 0 Å². The van der Waals surface area contributed by atoms with Crippen LogP contribution in [0.2, 0.25) is 5.02 Å². The van der Waals surface area contributed by atoms with E-state index in [4.69, 9.17) is 11.6 Å². The first-order chi connectivity index (χ1) is 17.9. The molecule has 37 heavy (non-hydrogen) atoms. The Morgan fingerprint density at radius 2 is 1.68 bits per heavy atom. The summed E-state index contributed by atoms with van der Waals surface area (Å²) < 4.78 is 14.1. The number of amides is 3. The average molecular weight is 536 g/mol. The van der Waals surface area contributed by atoms with Crippen LogP contribution in [-0.4, -0.2) is 53.0 Å². The summed E-state index contributed by atoms with van der Waals surface area (Å²) in [6.45, 7) is 2.25. The van der Waals surface area contributed by atoms with Gasteiger partial charge in [0.2, 0.25) is 0 Å². The zero-order valence-electron chi connectivity index (χ0n) is 19.8. The fourth-order valence-corrected chi connectivity index (χ4v) is 5.42. The van der Waals surface area contributed by atoms with Gasteiger partial charge in [-0.1, -0.05) is 48.0 Å². The van der Waals surface area contributed by atoms with Crippen molar-refractivity contribution in [3.05, 3.63) is 105 Å². The number of para-hydroxylation sites is 1. The van der Waals surface area contributed by atoms with E-state index in [1.807, 2.05) is 11.0 Å². The molecule has 2 saturated heterocycles. The maximum absolute atomic E-state index is 14.1. The monoisotopic (exact) mass is 535 g/mol. The number of anilines is 1. The van der Waals surface area contributed by atoms with Gasteiger partial charge in [-0.25, -0.2) is 4.39 Å². The van der Waals surface area contributed by atoms with Crippen LogP contribution in [0.4, 0.5) is 14.9 Å². The van der Waals surface area contributed by atoms with E-state index >= 15 is 0 Å². The molecule has 2 fully saturated rings. The van der Waals surface area contributed by atoms with Crippen LogP contribution in [0.25, 0.3) is 6.08 Å². The summed E-state index contributed by atoms with van der Waals surface area (Å²) >= 11 is 6.91. The molecule has 3 aromatic rings. The summed E-state index contributed by atoms with van der Waals surface area (Å²) in [5.41, 5.74) is 2.57. The SMILES string of the molecule is O=C(c1ccc(C=C2SC(=O)N(Cc3cccc(Cl)c3)C2=O)cc1)N1CCN(c2ccccc2F)CC1. The van der Waals surface area contributed by atoms with E-state index in [0.717, 1.165) is 17.3 Å². The van der Waals surface area contributed by atoms with E-state index in [1.165, 1.54) is 11.0 Å². The number of halogens is 2. The van der Waals surface area contributed by atoms with Gasteiger partial charge in [0, 0.05) is 36.8 Å². The van der Waals surface area contributed by atoms with Crippen LogP contribution in [0.1, 0.15) is 21.5 Å². The Morgan fingerprint density at radius 3 is 2.38 bits per heavy atom. The van der Waals surface area contributed by atoms with Crippen molar-refractivity contribution in [2.45, 2.75) is 6.54 Å². The molecule has 0 atom stereocenters. The highest BCUT2D eigenvalue weighted by molar-refractivity contribution is 8.18. The molecule has 0 bridgehead atoms. The Bertz CT molecular complexity index is 1390. The van der Waals surface area contributed by atoms with Crippen LogP contribution in [0.3, 0.4) is 0 Å². The molecule has 9 heteroatoms. The minimum atomic E-state index is -0.358. The number of thioether (sulfide) groups is 1. The highest BCUT2D eigenvalue weighted by Crippen LogP contribution is 2.33. The fraction of sp³-hybridized carbons (Fsp3) is 0.179. The number of carbonyl (C=O) groups is 3. The molecule has 0 unspecified atom stereocenters. The summed E-state index contributed by atoms with van der Waals surface area (Å²) in [4.78, 5) is 43.5. The molecule has 2 aliphatic rings. The number of nitrogens with zero attached hydrogens (tertiary/aromatic N) is 3. The molecule has 5 rings (SSSR count). The third-order valence-corrected chi connectivity index (χ3v) is 7.46. The van der Waals surface area contributed by atoms with Gasteiger partial charge in [0.15, 0.2) is 0 Å². The van der Waals surface area contributed by atoms with Gasteiger partial charge in [0.05, 0.1) is 17.1 Å². The predicted molar refractivity (Wildman–Crippen MR) is 144 cm³/mol. The molecule has 0 radical (unpaired) electrons. The minimum absolute atomic E-state index is 0.0958. The Hall–Kier alpha value is -3.62. The zero-order valence-corrected chi connectivity index (χ0v) is 21.3. The Kier molecular flexibility index (Phi) is 7.30. The molecule has 0 aliphatic carbocycles. The molecule has 188 valence electrons. The van der Waals surface area contributed by atoms with Crippen LogP contribution in [0.5, 0.6) is 0 Å². The summed E-state index contributed by atoms with van der Waals surface area (Å²) in [6, 6.07) is 20.6. The molecule has 0 aromatic heterocycles. The first kappa shape index (κ1) is 25.0. The second-order valence-electron chi connectivity index (χ2n) is 8.75. The molecular formula is C28H23ClFN3O3S. The number of rotatable bonds is 5. The van der Waals surface area contributed by atoms with Gasteiger partial charge in [0.1, 0.15) is 5.82 Å². The molecule has 6 nitrogen and oxygen atoms in total. The first-order valence-electron chi connectivity index (χ1n) is 11.8. The van der Waals surface area contributed by atoms with Gasteiger partial charge in [-0.15, -0.1) is 0 Å². The standard InChI is InChI=1S/C28H23ClFN3O3S/c29-22-5-3-4-20(16-22)18-33-27(35)25(37-28(33)36)17-19-8-10-21(11-9-19)26(34)32-14-12-31(13-15-32)24-7-2-1-6-23(24)30/h1-11,16-17H,12-15,18H2. The average Bonchev–Trinajstić information content (AvgIpc) is 3.16. The lowest BCUT2D eigenvalue weighted by molar-refractivity contribution is -0.123. The van der Waals surface area contributed by atoms with E-state index in [2.05, 4.69) is 0 Å². The van der Waals surface area contributed by atoms with Crippen molar-refractivity contribution in [1.82, 2.24) is 9.80 Å². The molecular weight excluding hydrogens is 513 g/mol. The molecule has 3 amide bonds. The number of hydrogen-bond acceptors (Lipinski definition) is 5. The van der Waals surface area contributed by atoms with Gasteiger partial charge in [-0.2, -0.15) is 0 Å². The molecule has 0 saturated carbocycles. The first-order valence-corrected chi connectivity index (χ1v) is 13.0. The van der Waals surface area contributed by atoms with E-state index in [9.17, 15) is 18.8 Å². The molecule has 0 N–H and O–H groups in total. The van der Waals surface area contributed by atoms with Crippen molar-refractivity contribution < 1.29 is 18.8 Å². The van der Waals surface area contributed by atoms with Gasteiger partial charge in [-0.05, 0) is 65.4 Å². The quantitative estimate of drug-likeness (QED) is 0.393. The van der Waals surface area contributed by atoms with Crippen molar-refractivity contribution >= 4 is 52.2 Å². The minimum Gasteiger partial charge on any atom is -0.366 e. The Labute approximate surface area is 223 Å². The third-order valence-electron chi connectivity index (χ3n) is 6.32. The van der Waals surface area contributed by atoms with E-state index in [0.29, 0.717) is 52.9 Å². The third kappa shape index (κ3) is 5.55. The summed E-state index contributed by atoms with van der Waals surface area (Å²) in [6.07, 6.45) is 1.66. The zero-order chi connectivity index (χ0) is 25.9. The second-order valence-corrected chi connectivity index (χ2v) is 10.2. The van der Waals surface area contributed by atoms with Crippen molar-refractivity contribution in [1.29, 1.82) is 0 Å². The molecule has 0 spiro atoms. The van der Waals surface area contributed by atoms with Crippen LogP contribution in [0, 0.1) is 5.82 Å². The van der Waals surface area contributed by atoms with Crippen LogP contribution in [0.15, 0.2) is 77.7 Å². The lowest BCUT2D eigenvalue weighted by Gasteiger charge is -2.36. The second kappa shape index (κ2) is 10.8. The van der Waals surface area contributed by atoms with Crippen LogP contribution in [-0.2, 0) is 11.3 Å². The van der Waals surface area contributed by atoms with Gasteiger partial charge in [-0.3, -0.25) is 19.3 Å². The Balaban J connectivity index is 1.21. The van der Waals surface area contributed by atoms with Crippen LogP contribution >= 0.6 is 23.4 Å².